The van der Waals surface area contributed by atoms with E-state index in [1.54, 1.807) is 0 Å². The number of hydrogen-bond acceptors (Lipinski definition) is 2. The molecule has 0 spiro atoms. The molecule has 3 aliphatic rings. The van der Waals surface area contributed by atoms with Crippen molar-refractivity contribution in [1.29, 1.82) is 0 Å². The minimum Gasteiger partial charge on any atom is -0.347 e. The topological polar surface area (TPSA) is 46.9 Å². The molecular formula is C27H37N3O. The van der Waals surface area contributed by atoms with E-state index in [4.69, 9.17) is 5.10 Å². The molecular weight excluding hydrogens is 382 g/mol. The summed E-state index contributed by atoms with van der Waals surface area (Å²) in [5.41, 5.74) is 6.01. The molecule has 2 fully saturated rings. The van der Waals surface area contributed by atoms with Crippen molar-refractivity contribution in [2.24, 2.45) is 0 Å². The number of benzene rings is 1. The van der Waals surface area contributed by atoms with Gasteiger partial charge in [0.1, 0.15) is 0 Å². The van der Waals surface area contributed by atoms with Gasteiger partial charge in [0.25, 0.3) is 5.91 Å². The average molecular weight is 420 g/mol. The molecule has 0 saturated heterocycles. The quantitative estimate of drug-likeness (QED) is 0.623. The summed E-state index contributed by atoms with van der Waals surface area (Å²) >= 11 is 0. The second kappa shape index (κ2) is 9.58. The first kappa shape index (κ1) is 20.8. The van der Waals surface area contributed by atoms with E-state index < -0.39 is 0 Å². The molecule has 166 valence electrons. The Morgan fingerprint density at radius 1 is 0.903 bits per heavy atom. The molecule has 5 rings (SSSR count). The lowest BCUT2D eigenvalue weighted by Crippen LogP contribution is -2.26. The van der Waals surface area contributed by atoms with Crippen molar-refractivity contribution in [2.75, 3.05) is 0 Å². The standard InChI is InChI=1S/C27H37N3O/c31-27(28-19-21-13-7-8-16-23(21)20-11-3-1-4-12-20)26-24-17-9-10-18-25(24)30(29-26)22-14-5-2-6-15-22/h7-8,13,16,20,22H,1-6,9-12,14-15,17-19H2,(H,28,31). The van der Waals surface area contributed by atoms with Crippen LogP contribution in [0.25, 0.3) is 0 Å². The number of amides is 1. The number of carbonyl (C=O) groups excluding carboxylic acids is 1. The van der Waals surface area contributed by atoms with E-state index >= 15 is 0 Å². The number of nitrogens with zero attached hydrogens (tertiary/aromatic N) is 2. The van der Waals surface area contributed by atoms with Gasteiger partial charge in [-0.25, -0.2) is 0 Å². The zero-order valence-electron chi connectivity index (χ0n) is 18.9. The van der Waals surface area contributed by atoms with E-state index in [9.17, 15) is 4.79 Å². The number of hydrogen-bond donors (Lipinski definition) is 1. The van der Waals surface area contributed by atoms with Crippen molar-refractivity contribution in [3.63, 3.8) is 0 Å². The number of nitrogens with one attached hydrogen (secondary N) is 1. The summed E-state index contributed by atoms with van der Waals surface area (Å²) in [6.07, 6.45) is 17.4. The molecule has 0 aliphatic heterocycles. The van der Waals surface area contributed by atoms with Gasteiger partial charge < -0.3 is 5.32 Å². The summed E-state index contributed by atoms with van der Waals surface area (Å²) < 4.78 is 2.26. The fourth-order valence-corrected chi connectivity index (χ4v) is 6.20. The van der Waals surface area contributed by atoms with E-state index in [0.717, 1.165) is 12.8 Å². The van der Waals surface area contributed by atoms with Crippen LogP contribution in [-0.2, 0) is 19.4 Å². The molecule has 4 heteroatoms. The summed E-state index contributed by atoms with van der Waals surface area (Å²) in [5.74, 6) is 0.672. The molecule has 4 nitrogen and oxygen atoms in total. The van der Waals surface area contributed by atoms with Gasteiger partial charge in [0.2, 0.25) is 0 Å². The Bertz CT molecular complexity index is 903. The van der Waals surface area contributed by atoms with Crippen molar-refractivity contribution < 1.29 is 4.79 Å². The molecule has 1 aromatic carbocycles. The van der Waals surface area contributed by atoms with E-state index in [1.807, 2.05) is 0 Å². The molecule has 2 saturated carbocycles. The maximum atomic E-state index is 13.3. The maximum absolute atomic E-state index is 13.3. The van der Waals surface area contributed by atoms with E-state index in [0.29, 0.717) is 24.2 Å². The minimum atomic E-state index is 0.0196. The highest BCUT2D eigenvalue weighted by Crippen LogP contribution is 2.35. The Hall–Kier alpha value is -2.10. The first-order chi connectivity index (χ1) is 15.3. The Labute approximate surface area is 186 Å². The highest BCUT2D eigenvalue weighted by Gasteiger charge is 2.28. The second-order valence-corrected chi connectivity index (χ2v) is 9.93. The molecule has 0 radical (unpaired) electrons. The number of carbonyl (C=O) groups is 1. The molecule has 0 bridgehead atoms. The third kappa shape index (κ3) is 4.44. The largest absolute Gasteiger partial charge is 0.347 e. The van der Waals surface area contributed by atoms with E-state index in [2.05, 4.69) is 34.3 Å². The van der Waals surface area contributed by atoms with Crippen LogP contribution in [0.2, 0.25) is 0 Å². The Kier molecular flexibility index (Phi) is 6.42. The summed E-state index contributed by atoms with van der Waals surface area (Å²) in [7, 11) is 0. The molecule has 0 unspecified atom stereocenters. The lowest BCUT2D eigenvalue weighted by Gasteiger charge is -2.25. The van der Waals surface area contributed by atoms with Crippen LogP contribution < -0.4 is 5.32 Å². The summed E-state index contributed by atoms with van der Waals surface area (Å²) in [5, 5.41) is 8.19. The van der Waals surface area contributed by atoms with Gasteiger partial charge in [0.15, 0.2) is 5.69 Å². The molecule has 1 amide bonds. The first-order valence-electron chi connectivity index (χ1n) is 12.8. The van der Waals surface area contributed by atoms with Crippen LogP contribution in [0.5, 0.6) is 0 Å². The van der Waals surface area contributed by atoms with Crippen LogP contribution in [0.1, 0.15) is 122 Å². The van der Waals surface area contributed by atoms with Crippen molar-refractivity contribution >= 4 is 5.91 Å². The van der Waals surface area contributed by atoms with Crippen molar-refractivity contribution in [1.82, 2.24) is 15.1 Å². The predicted molar refractivity (Wildman–Crippen MR) is 124 cm³/mol. The average Bonchev–Trinajstić information content (AvgIpc) is 3.24. The molecule has 2 aromatic rings. The second-order valence-electron chi connectivity index (χ2n) is 9.93. The monoisotopic (exact) mass is 419 g/mol. The van der Waals surface area contributed by atoms with Gasteiger partial charge in [0.05, 0.1) is 6.04 Å². The Morgan fingerprint density at radius 3 is 2.42 bits per heavy atom. The molecule has 1 heterocycles. The van der Waals surface area contributed by atoms with Crippen LogP contribution in [0.15, 0.2) is 24.3 Å². The van der Waals surface area contributed by atoms with Gasteiger partial charge in [-0.15, -0.1) is 0 Å². The van der Waals surface area contributed by atoms with Gasteiger partial charge in [0, 0.05) is 17.8 Å². The van der Waals surface area contributed by atoms with Gasteiger partial charge in [-0.05, 0) is 68.4 Å². The van der Waals surface area contributed by atoms with E-state index in [1.165, 1.54) is 99.4 Å². The molecule has 3 aliphatic carbocycles. The SMILES string of the molecule is O=C(NCc1ccccc1C1CCCCC1)c1nn(C2CCCCC2)c2c1CCCC2. The summed E-state index contributed by atoms with van der Waals surface area (Å²) in [6.45, 7) is 0.608. The Balaban J connectivity index is 1.34. The van der Waals surface area contributed by atoms with Crippen LogP contribution in [0.4, 0.5) is 0 Å². The minimum absolute atomic E-state index is 0.0196. The Morgan fingerprint density at radius 2 is 1.61 bits per heavy atom. The van der Waals surface area contributed by atoms with Crippen LogP contribution in [0.3, 0.4) is 0 Å². The third-order valence-electron chi connectivity index (χ3n) is 7.88. The highest BCUT2D eigenvalue weighted by atomic mass is 16.1. The number of aromatic nitrogens is 2. The normalized spacial score (nSPS) is 20.4. The fraction of sp³-hybridized carbons (Fsp3) is 0.630. The van der Waals surface area contributed by atoms with Gasteiger partial charge in [-0.1, -0.05) is 62.8 Å². The fourth-order valence-electron chi connectivity index (χ4n) is 6.20. The molecule has 1 N–H and O–H groups in total. The summed E-state index contributed by atoms with van der Waals surface area (Å²) in [4.78, 5) is 13.3. The first-order valence-corrected chi connectivity index (χ1v) is 12.8. The van der Waals surface area contributed by atoms with Crippen molar-refractivity contribution in [3.8, 4) is 0 Å². The molecule has 31 heavy (non-hydrogen) atoms. The lowest BCUT2D eigenvalue weighted by atomic mass is 9.82. The third-order valence-corrected chi connectivity index (χ3v) is 7.88. The van der Waals surface area contributed by atoms with Gasteiger partial charge in [-0.3, -0.25) is 9.48 Å². The van der Waals surface area contributed by atoms with Gasteiger partial charge in [-0.2, -0.15) is 5.10 Å². The highest BCUT2D eigenvalue weighted by molar-refractivity contribution is 5.94. The molecule has 1 aromatic heterocycles. The van der Waals surface area contributed by atoms with Crippen LogP contribution >= 0.6 is 0 Å². The van der Waals surface area contributed by atoms with Crippen molar-refractivity contribution in [3.05, 3.63) is 52.3 Å². The lowest BCUT2D eigenvalue weighted by molar-refractivity contribution is 0.0943. The number of fused-ring (bicyclic) bond motifs is 1. The zero-order chi connectivity index (χ0) is 21.0. The maximum Gasteiger partial charge on any atom is 0.272 e. The number of rotatable bonds is 5. The summed E-state index contributed by atoms with van der Waals surface area (Å²) in [6, 6.07) is 9.22. The van der Waals surface area contributed by atoms with E-state index in [-0.39, 0.29) is 5.91 Å². The zero-order valence-corrected chi connectivity index (χ0v) is 18.9. The van der Waals surface area contributed by atoms with Crippen LogP contribution in [-0.4, -0.2) is 15.7 Å². The molecule has 0 atom stereocenters. The van der Waals surface area contributed by atoms with Crippen LogP contribution in [0, 0.1) is 0 Å². The van der Waals surface area contributed by atoms with Gasteiger partial charge >= 0.3 is 0 Å². The smallest absolute Gasteiger partial charge is 0.272 e. The predicted octanol–water partition coefficient (Wildman–Crippen LogP) is 6.24. The van der Waals surface area contributed by atoms with Crippen molar-refractivity contribution in [2.45, 2.75) is 108 Å².